The van der Waals surface area contributed by atoms with Gasteiger partial charge in [0.25, 0.3) is 0 Å². The van der Waals surface area contributed by atoms with Gasteiger partial charge in [-0.3, -0.25) is 9.78 Å². The minimum Gasteiger partial charge on any atom is -0.381 e. The molecule has 18 heavy (non-hydrogen) atoms. The smallest absolute Gasteiger partial charge is 0.243 e. The Morgan fingerprint density at radius 1 is 1.39 bits per heavy atom. The number of aromatic nitrogens is 4. The molecule has 0 atom stereocenters. The van der Waals surface area contributed by atoms with Gasteiger partial charge in [-0.15, -0.1) is 5.10 Å². The van der Waals surface area contributed by atoms with Crippen molar-refractivity contribution >= 4 is 11.7 Å². The van der Waals surface area contributed by atoms with E-state index >= 15 is 0 Å². The summed E-state index contributed by atoms with van der Waals surface area (Å²) in [5.41, 5.74) is 6.53. The van der Waals surface area contributed by atoms with E-state index in [1.54, 1.807) is 12.4 Å². The SMILES string of the molecule is Nc1cnn(CC(=O)NCCc2ccncc2)n1. The van der Waals surface area contributed by atoms with Gasteiger partial charge in [-0.25, -0.2) is 0 Å². The molecule has 2 rings (SSSR count). The molecular formula is C11H14N6O. The Bertz CT molecular complexity index is 509. The molecule has 2 aromatic rings. The van der Waals surface area contributed by atoms with E-state index in [0.29, 0.717) is 12.4 Å². The van der Waals surface area contributed by atoms with Crippen molar-refractivity contribution in [3.05, 3.63) is 36.3 Å². The number of pyridine rings is 1. The molecule has 0 unspecified atom stereocenters. The normalized spacial score (nSPS) is 10.2. The third-order valence-electron chi connectivity index (χ3n) is 2.32. The molecule has 0 fully saturated rings. The van der Waals surface area contributed by atoms with E-state index in [2.05, 4.69) is 20.5 Å². The molecule has 0 spiro atoms. The highest BCUT2D eigenvalue weighted by atomic mass is 16.2. The van der Waals surface area contributed by atoms with Gasteiger partial charge >= 0.3 is 0 Å². The van der Waals surface area contributed by atoms with Gasteiger partial charge in [0.1, 0.15) is 6.54 Å². The first-order valence-electron chi connectivity index (χ1n) is 5.55. The van der Waals surface area contributed by atoms with Crippen molar-refractivity contribution in [2.45, 2.75) is 13.0 Å². The van der Waals surface area contributed by atoms with Crippen molar-refractivity contribution in [1.82, 2.24) is 25.3 Å². The van der Waals surface area contributed by atoms with Crippen LogP contribution < -0.4 is 11.1 Å². The maximum Gasteiger partial charge on any atom is 0.243 e. The van der Waals surface area contributed by atoms with Crippen LogP contribution in [0.25, 0.3) is 0 Å². The quantitative estimate of drug-likeness (QED) is 0.749. The Balaban J connectivity index is 1.72. The second-order valence-corrected chi connectivity index (χ2v) is 3.76. The van der Waals surface area contributed by atoms with Gasteiger partial charge < -0.3 is 11.1 Å². The fourth-order valence-electron chi connectivity index (χ4n) is 1.47. The number of carbonyl (C=O) groups excluding carboxylic acids is 1. The second-order valence-electron chi connectivity index (χ2n) is 3.76. The van der Waals surface area contributed by atoms with E-state index in [1.165, 1.54) is 11.0 Å². The molecule has 94 valence electrons. The maximum absolute atomic E-state index is 11.5. The van der Waals surface area contributed by atoms with E-state index in [0.717, 1.165) is 12.0 Å². The van der Waals surface area contributed by atoms with Crippen molar-refractivity contribution in [2.75, 3.05) is 12.3 Å². The van der Waals surface area contributed by atoms with Crippen LogP contribution in [0.3, 0.4) is 0 Å². The molecule has 0 aliphatic heterocycles. The van der Waals surface area contributed by atoms with Crippen molar-refractivity contribution in [1.29, 1.82) is 0 Å². The van der Waals surface area contributed by atoms with Crippen LogP contribution in [0, 0.1) is 0 Å². The highest BCUT2D eigenvalue weighted by Gasteiger charge is 2.04. The van der Waals surface area contributed by atoms with E-state index in [-0.39, 0.29) is 12.5 Å². The number of hydrogen-bond donors (Lipinski definition) is 2. The summed E-state index contributed by atoms with van der Waals surface area (Å²) in [7, 11) is 0. The predicted molar refractivity (Wildman–Crippen MR) is 65.4 cm³/mol. The first-order valence-corrected chi connectivity index (χ1v) is 5.55. The number of anilines is 1. The van der Waals surface area contributed by atoms with Gasteiger partial charge in [0.15, 0.2) is 5.82 Å². The van der Waals surface area contributed by atoms with Crippen molar-refractivity contribution in [3.63, 3.8) is 0 Å². The predicted octanol–water partition coefficient (Wildman–Crippen LogP) is -0.386. The topological polar surface area (TPSA) is 98.7 Å². The van der Waals surface area contributed by atoms with Gasteiger partial charge in [0.05, 0.1) is 6.20 Å². The lowest BCUT2D eigenvalue weighted by Crippen LogP contribution is -2.30. The van der Waals surface area contributed by atoms with Crippen LogP contribution in [0.15, 0.2) is 30.7 Å². The summed E-state index contributed by atoms with van der Waals surface area (Å²) in [6, 6.07) is 3.84. The fourth-order valence-corrected chi connectivity index (χ4v) is 1.47. The van der Waals surface area contributed by atoms with Gasteiger partial charge in [-0.2, -0.15) is 9.90 Å². The van der Waals surface area contributed by atoms with Gasteiger partial charge in [0, 0.05) is 18.9 Å². The molecular weight excluding hydrogens is 232 g/mol. The zero-order chi connectivity index (χ0) is 12.8. The number of rotatable bonds is 5. The van der Waals surface area contributed by atoms with Crippen LogP contribution in [-0.4, -0.2) is 32.4 Å². The lowest BCUT2D eigenvalue weighted by Gasteiger charge is -2.04. The Morgan fingerprint density at radius 3 is 2.83 bits per heavy atom. The number of hydrogen-bond acceptors (Lipinski definition) is 5. The highest BCUT2D eigenvalue weighted by molar-refractivity contribution is 5.75. The van der Waals surface area contributed by atoms with Crippen molar-refractivity contribution in [3.8, 4) is 0 Å². The largest absolute Gasteiger partial charge is 0.381 e. The van der Waals surface area contributed by atoms with Crippen molar-refractivity contribution < 1.29 is 4.79 Å². The molecule has 0 bridgehead atoms. The average molecular weight is 246 g/mol. The third-order valence-corrected chi connectivity index (χ3v) is 2.32. The average Bonchev–Trinajstić information content (AvgIpc) is 2.76. The molecule has 0 aliphatic carbocycles. The summed E-state index contributed by atoms with van der Waals surface area (Å²) in [5, 5.41) is 10.5. The molecule has 1 amide bonds. The van der Waals surface area contributed by atoms with E-state index < -0.39 is 0 Å². The summed E-state index contributed by atoms with van der Waals surface area (Å²) >= 11 is 0. The second kappa shape index (κ2) is 5.76. The number of amides is 1. The van der Waals surface area contributed by atoms with E-state index in [9.17, 15) is 4.79 Å². The molecule has 2 aromatic heterocycles. The minimum atomic E-state index is -0.139. The molecule has 0 radical (unpaired) electrons. The van der Waals surface area contributed by atoms with E-state index in [1.807, 2.05) is 12.1 Å². The molecule has 0 aromatic carbocycles. The Hall–Kier alpha value is -2.44. The number of nitrogens with zero attached hydrogens (tertiary/aromatic N) is 4. The number of carbonyl (C=O) groups is 1. The van der Waals surface area contributed by atoms with Crippen LogP contribution in [0.2, 0.25) is 0 Å². The third kappa shape index (κ3) is 3.55. The zero-order valence-corrected chi connectivity index (χ0v) is 9.78. The van der Waals surface area contributed by atoms with Crippen LogP contribution in [0.5, 0.6) is 0 Å². The first-order chi connectivity index (χ1) is 8.74. The summed E-state index contributed by atoms with van der Waals surface area (Å²) in [4.78, 5) is 16.7. The monoisotopic (exact) mass is 246 g/mol. The number of nitrogens with one attached hydrogen (secondary N) is 1. The first kappa shape index (κ1) is 12.0. The van der Waals surface area contributed by atoms with Crippen LogP contribution in [-0.2, 0) is 17.8 Å². The number of nitrogens with two attached hydrogens (primary N) is 1. The molecule has 3 N–H and O–H groups in total. The summed E-state index contributed by atoms with van der Waals surface area (Å²) in [6.45, 7) is 0.646. The maximum atomic E-state index is 11.5. The molecule has 0 saturated heterocycles. The summed E-state index contributed by atoms with van der Waals surface area (Å²) in [6.07, 6.45) is 5.63. The van der Waals surface area contributed by atoms with Crippen molar-refractivity contribution in [2.24, 2.45) is 0 Å². The van der Waals surface area contributed by atoms with Crippen LogP contribution in [0.4, 0.5) is 5.82 Å². The fraction of sp³-hybridized carbons (Fsp3) is 0.273. The van der Waals surface area contributed by atoms with Crippen LogP contribution >= 0.6 is 0 Å². The Kier molecular flexibility index (Phi) is 3.85. The summed E-state index contributed by atoms with van der Waals surface area (Å²) < 4.78 is 0. The lowest BCUT2D eigenvalue weighted by molar-refractivity contribution is -0.122. The molecule has 0 saturated carbocycles. The van der Waals surface area contributed by atoms with E-state index in [4.69, 9.17) is 5.73 Å². The van der Waals surface area contributed by atoms with Gasteiger partial charge in [-0.1, -0.05) is 0 Å². The lowest BCUT2D eigenvalue weighted by atomic mass is 10.2. The molecule has 2 heterocycles. The minimum absolute atomic E-state index is 0.0769. The zero-order valence-electron chi connectivity index (χ0n) is 9.78. The molecule has 0 aliphatic rings. The molecule has 7 nitrogen and oxygen atoms in total. The number of nitrogen functional groups attached to an aromatic ring is 1. The highest BCUT2D eigenvalue weighted by Crippen LogP contribution is 1.96. The Morgan fingerprint density at radius 2 is 2.17 bits per heavy atom. The van der Waals surface area contributed by atoms with Gasteiger partial charge in [-0.05, 0) is 24.1 Å². The standard InChI is InChI=1S/C11H14N6O/c12-10-7-15-17(16-10)8-11(18)14-6-3-9-1-4-13-5-2-9/h1-2,4-5,7H,3,6,8H2,(H2,12,16)(H,14,18). The van der Waals surface area contributed by atoms with Crippen LogP contribution in [0.1, 0.15) is 5.56 Å². The van der Waals surface area contributed by atoms with Gasteiger partial charge in [0.2, 0.25) is 5.91 Å². The molecule has 7 heteroatoms. The Labute approximate surface area is 104 Å². The summed E-state index contributed by atoms with van der Waals surface area (Å²) in [5.74, 6) is 0.166.